The molecule has 4 rings (SSSR count). The van der Waals surface area contributed by atoms with E-state index in [9.17, 15) is 5.11 Å². The molecule has 5 heteroatoms. The maximum Gasteiger partial charge on any atom is 0.147 e. The Kier molecular flexibility index (Phi) is 3.72. The topological polar surface area (TPSA) is 49.2 Å². The molecule has 2 aliphatic rings. The van der Waals surface area contributed by atoms with Gasteiger partial charge in [-0.2, -0.15) is 0 Å². The molecule has 1 aromatic heterocycles. The van der Waals surface area contributed by atoms with Crippen molar-refractivity contribution in [2.75, 3.05) is 6.54 Å². The number of hydrogen-bond donors (Lipinski definition) is 1. The first-order valence-electron chi connectivity index (χ1n) is 8.09. The summed E-state index contributed by atoms with van der Waals surface area (Å²) < 4.78 is 0. The molecule has 1 aliphatic carbocycles. The molecule has 1 saturated heterocycles. The Morgan fingerprint density at radius 2 is 1.95 bits per heavy atom. The number of aliphatic hydroxyl groups is 1. The molecular formula is C17H21N3OS. The lowest BCUT2D eigenvalue weighted by Gasteiger charge is -2.36. The van der Waals surface area contributed by atoms with Crippen LogP contribution in [0.4, 0.5) is 0 Å². The van der Waals surface area contributed by atoms with Crippen molar-refractivity contribution in [3.8, 4) is 10.6 Å². The van der Waals surface area contributed by atoms with Crippen molar-refractivity contribution in [3.63, 3.8) is 0 Å². The van der Waals surface area contributed by atoms with Gasteiger partial charge in [-0.05, 0) is 19.3 Å². The fourth-order valence-corrected chi connectivity index (χ4v) is 4.89. The Hall–Kier alpha value is -1.30. The largest absolute Gasteiger partial charge is 0.391 e. The van der Waals surface area contributed by atoms with Crippen LogP contribution < -0.4 is 0 Å². The monoisotopic (exact) mass is 315 g/mol. The Labute approximate surface area is 134 Å². The van der Waals surface area contributed by atoms with Gasteiger partial charge in [0, 0.05) is 17.6 Å². The first-order valence-corrected chi connectivity index (χ1v) is 8.90. The molecule has 2 aromatic rings. The number of likely N-dealkylation sites (tertiary alicyclic amines) is 1. The minimum atomic E-state index is -0.170. The molecule has 2 fully saturated rings. The van der Waals surface area contributed by atoms with Crippen molar-refractivity contribution in [3.05, 3.63) is 35.3 Å². The standard InChI is InChI=1S/C17H21N3OS/c21-14-8-11-20(17(14)9-4-5-10-17)12-15-18-19-16(22-15)13-6-2-1-3-7-13/h1-3,6-7,14,21H,4-5,8-12H2. The summed E-state index contributed by atoms with van der Waals surface area (Å²) in [6.45, 7) is 1.79. The zero-order valence-corrected chi connectivity index (χ0v) is 13.4. The van der Waals surface area contributed by atoms with E-state index in [2.05, 4.69) is 27.2 Å². The molecule has 1 aromatic carbocycles. The first-order chi connectivity index (χ1) is 10.8. The lowest BCUT2D eigenvalue weighted by atomic mass is 9.91. The minimum Gasteiger partial charge on any atom is -0.391 e. The fourth-order valence-electron chi connectivity index (χ4n) is 4.03. The molecule has 1 atom stereocenters. The van der Waals surface area contributed by atoms with Crippen molar-refractivity contribution in [2.24, 2.45) is 0 Å². The van der Waals surface area contributed by atoms with Crippen LogP contribution in [0.5, 0.6) is 0 Å². The summed E-state index contributed by atoms with van der Waals surface area (Å²) in [5, 5.41) is 21.2. The van der Waals surface area contributed by atoms with Crippen LogP contribution in [0.2, 0.25) is 0 Å². The molecule has 116 valence electrons. The van der Waals surface area contributed by atoms with E-state index in [1.54, 1.807) is 11.3 Å². The zero-order valence-electron chi connectivity index (χ0n) is 12.6. The second-order valence-electron chi connectivity index (χ2n) is 6.40. The summed E-state index contributed by atoms with van der Waals surface area (Å²) in [5.41, 5.74) is 1.14. The molecule has 0 radical (unpaired) electrons. The van der Waals surface area contributed by atoms with Gasteiger partial charge in [-0.1, -0.05) is 54.5 Å². The predicted octanol–water partition coefficient (Wildman–Crippen LogP) is 3.08. The fraction of sp³-hybridized carbons (Fsp3) is 0.529. The number of nitrogens with zero attached hydrogens (tertiary/aromatic N) is 3. The third-order valence-corrected chi connectivity index (χ3v) is 6.16. The van der Waals surface area contributed by atoms with E-state index in [-0.39, 0.29) is 11.6 Å². The average Bonchev–Trinajstić information content (AvgIpc) is 3.27. The highest BCUT2D eigenvalue weighted by Crippen LogP contribution is 2.44. The maximum atomic E-state index is 10.4. The van der Waals surface area contributed by atoms with E-state index >= 15 is 0 Å². The van der Waals surface area contributed by atoms with Crippen molar-refractivity contribution in [1.82, 2.24) is 15.1 Å². The molecule has 1 N–H and O–H groups in total. The molecule has 22 heavy (non-hydrogen) atoms. The summed E-state index contributed by atoms with van der Waals surface area (Å²) in [7, 11) is 0. The van der Waals surface area contributed by atoms with Crippen LogP contribution in [0.1, 0.15) is 37.1 Å². The summed E-state index contributed by atoms with van der Waals surface area (Å²) in [6.07, 6.45) is 5.44. The van der Waals surface area contributed by atoms with Gasteiger partial charge in [0.05, 0.1) is 12.6 Å². The van der Waals surface area contributed by atoms with Gasteiger partial charge < -0.3 is 5.11 Å². The number of aliphatic hydroxyl groups excluding tert-OH is 1. The lowest BCUT2D eigenvalue weighted by molar-refractivity contribution is 0.0276. The summed E-state index contributed by atoms with van der Waals surface area (Å²) in [6, 6.07) is 10.2. The van der Waals surface area contributed by atoms with Crippen LogP contribution in [-0.2, 0) is 6.54 Å². The van der Waals surface area contributed by atoms with E-state index in [1.165, 1.54) is 12.8 Å². The molecule has 0 bridgehead atoms. The normalized spacial score (nSPS) is 24.3. The highest BCUT2D eigenvalue weighted by atomic mass is 32.1. The van der Waals surface area contributed by atoms with Gasteiger partial charge in [-0.25, -0.2) is 0 Å². The first kappa shape index (κ1) is 14.3. The van der Waals surface area contributed by atoms with Crippen LogP contribution in [-0.4, -0.2) is 38.4 Å². The highest BCUT2D eigenvalue weighted by molar-refractivity contribution is 7.14. The second-order valence-corrected chi connectivity index (χ2v) is 7.47. The molecule has 4 nitrogen and oxygen atoms in total. The summed E-state index contributed by atoms with van der Waals surface area (Å²) in [4.78, 5) is 2.46. The Balaban J connectivity index is 1.53. The number of hydrogen-bond acceptors (Lipinski definition) is 5. The Morgan fingerprint density at radius 3 is 2.73 bits per heavy atom. The Morgan fingerprint density at radius 1 is 1.18 bits per heavy atom. The van der Waals surface area contributed by atoms with E-state index in [0.717, 1.165) is 47.9 Å². The molecule has 1 saturated carbocycles. The smallest absolute Gasteiger partial charge is 0.147 e. The van der Waals surface area contributed by atoms with Gasteiger partial charge in [-0.3, -0.25) is 4.90 Å². The summed E-state index contributed by atoms with van der Waals surface area (Å²) in [5.74, 6) is 0. The number of aromatic nitrogens is 2. The van der Waals surface area contributed by atoms with Crippen molar-refractivity contribution in [2.45, 2.75) is 50.3 Å². The van der Waals surface area contributed by atoms with Crippen molar-refractivity contribution >= 4 is 11.3 Å². The zero-order chi connectivity index (χ0) is 15.0. The quantitative estimate of drug-likeness (QED) is 0.945. The van der Waals surface area contributed by atoms with E-state index in [1.807, 2.05) is 18.2 Å². The highest BCUT2D eigenvalue weighted by Gasteiger charge is 2.49. The Bertz CT molecular complexity index is 636. The van der Waals surface area contributed by atoms with Gasteiger partial charge in [0.15, 0.2) is 0 Å². The van der Waals surface area contributed by atoms with Gasteiger partial charge in [0.2, 0.25) is 0 Å². The van der Waals surface area contributed by atoms with Crippen LogP contribution >= 0.6 is 11.3 Å². The molecule has 1 aliphatic heterocycles. The van der Waals surface area contributed by atoms with Crippen molar-refractivity contribution in [1.29, 1.82) is 0 Å². The lowest BCUT2D eigenvalue weighted by Crippen LogP contribution is -2.47. The molecular weight excluding hydrogens is 294 g/mol. The SMILES string of the molecule is OC1CCN(Cc2nnc(-c3ccccc3)s2)C12CCCC2. The van der Waals surface area contributed by atoms with Gasteiger partial charge in [0.1, 0.15) is 10.0 Å². The van der Waals surface area contributed by atoms with E-state index in [4.69, 9.17) is 0 Å². The predicted molar refractivity (Wildman–Crippen MR) is 87.6 cm³/mol. The molecule has 1 spiro atoms. The third kappa shape index (κ3) is 2.37. The summed E-state index contributed by atoms with van der Waals surface area (Å²) >= 11 is 1.67. The van der Waals surface area contributed by atoms with Crippen LogP contribution in [0.3, 0.4) is 0 Å². The van der Waals surface area contributed by atoms with Gasteiger partial charge in [-0.15, -0.1) is 10.2 Å². The number of benzene rings is 1. The van der Waals surface area contributed by atoms with E-state index in [0.29, 0.717) is 0 Å². The van der Waals surface area contributed by atoms with Crippen LogP contribution in [0.15, 0.2) is 30.3 Å². The van der Waals surface area contributed by atoms with Gasteiger partial charge >= 0.3 is 0 Å². The van der Waals surface area contributed by atoms with Crippen LogP contribution in [0.25, 0.3) is 10.6 Å². The third-order valence-electron chi connectivity index (χ3n) is 5.21. The number of rotatable bonds is 3. The average molecular weight is 315 g/mol. The maximum absolute atomic E-state index is 10.4. The van der Waals surface area contributed by atoms with Crippen LogP contribution in [0, 0.1) is 0 Å². The van der Waals surface area contributed by atoms with Gasteiger partial charge in [0.25, 0.3) is 0 Å². The molecule has 1 unspecified atom stereocenters. The molecule has 2 heterocycles. The minimum absolute atomic E-state index is 0.0125. The van der Waals surface area contributed by atoms with E-state index < -0.39 is 0 Å². The second kappa shape index (κ2) is 5.72. The molecule has 0 amide bonds. The van der Waals surface area contributed by atoms with Crippen molar-refractivity contribution < 1.29 is 5.11 Å².